The van der Waals surface area contributed by atoms with Crippen LogP contribution in [-0.4, -0.2) is 31.2 Å². The molecule has 0 radical (unpaired) electrons. The van der Waals surface area contributed by atoms with E-state index in [0.29, 0.717) is 0 Å². The van der Waals surface area contributed by atoms with Crippen LogP contribution in [0.3, 0.4) is 0 Å². The molecule has 0 heterocycles. The van der Waals surface area contributed by atoms with Crippen molar-refractivity contribution in [2.75, 3.05) is 11.5 Å². The van der Waals surface area contributed by atoms with Crippen LogP contribution in [0, 0.1) is 11.8 Å². The van der Waals surface area contributed by atoms with E-state index in [9.17, 15) is 26.4 Å². The van der Waals surface area contributed by atoms with E-state index >= 15 is 0 Å². The first-order chi connectivity index (χ1) is 10.0. The Morgan fingerprint density at radius 1 is 1.23 bits per heavy atom. The summed E-state index contributed by atoms with van der Waals surface area (Å²) in [7, 11) is -5.66. The van der Waals surface area contributed by atoms with Crippen LogP contribution in [0.25, 0.3) is 0 Å². The third-order valence-corrected chi connectivity index (χ3v) is 7.07. The maximum Gasteiger partial charge on any atom is 0.527 e. The zero-order valence-corrected chi connectivity index (χ0v) is 14.3. The summed E-state index contributed by atoms with van der Waals surface area (Å²) in [5.74, 6) is -0.590. The zero-order chi connectivity index (χ0) is 17.0. The van der Waals surface area contributed by atoms with Gasteiger partial charge in [0.1, 0.15) is 5.75 Å². The van der Waals surface area contributed by atoms with E-state index in [0.717, 1.165) is 32.1 Å². The number of Topliss-reactive ketones (excluding diaryl/α,β-unsaturated/α-hetero) is 1. The fraction of sp³-hybridized carbons (Fsp3) is 0.923. The van der Waals surface area contributed by atoms with Gasteiger partial charge in [-0.05, 0) is 16.5 Å². The Kier molecular flexibility index (Phi) is 7.20. The molecule has 0 bridgehead atoms. The number of hydrogen-bond donors (Lipinski definition) is 0. The lowest BCUT2D eigenvalue weighted by Gasteiger charge is -2.20. The largest absolute Gasteiger partial charge is 0.527 e. The number of hydrogen-bond acceptors (Lipinski definition) is 4. The number of rotatable bonds is 7. The molecular weight excluding hydrogens is 341 g/mol. The van der Waals surface area contributed by atoms with E-state index < -0.39 is 26.8 Å². The molecule has 0 aromatic carbocycles. The summed E-state index contributed by atoms with van der Waals surface area (Å²) >= 11 is -1.55. The van der Waals surface area contributed by atoms with Crippen LogP contribution >= 0.6 is 0 Å². The standard InChI is InChI=1S/C13H22F3O4S2/c1-10(2)12(17)9-21(8-11-6-4-3-5-7-11)20-22(18,19)13(14,15)16/h10-11H,3-9H2,1-2H3/q+1. The molecule has 1 aliphatic carbocycles. The summed E-state index contributed by atoms with van der Waals surface area (Å²) < 4.78 is 64.2. The van der Waals surface area contributed by atoms with Crippen molar-refractivity contribution >= 4 is 27.1 Å². The monoisotopic (exact) mass is 363 g/mol. The molecule has 0 N–H and O–H groups in total. The van der Waals surface area contributed by atoms with Gasteiger partial charge in [-0.25, -0.2) is 0 Å². The van der Waals surface area contributed by atoms with Gasteiger partial charge in [-0.15, -0.1) is 0 Å². The third kappa shape index (κ3) is 6.08. The Hall–Kier alpha value is -0.280. The van der Waals surface area contributed by atoms with Gasteiger partial charge in [0, 0.05) is 11.8 Å². The molecule has 1 fully saturated rings. The summed E-state index contributed by atoms with van der Waals surface area (Å²) in [6.07, 6.45) is 4.72. The molecule has 1 atom stereocenters. The van der Waals surface area contributed by atoms with Crippen molar-refractivity contribution in [3.8, 4) is 0 Å². The molecule has 0 aromatic heterocycles. The lowest BCUT2D eigenvalue weighted by Crippen LogP contribution is -2.35. The van der Waals surface area contributed by atoms with Crippen LogP contribution in [0.1, 0.15) is 46.0 Å². The van der Waals surface area contributed by atoms with Crippen molar-refractivity contribution in [1.29, 1.82) is 0 Å². The molecule has 130 valence electrons. The summed E-state index contributed by atoms with van der Waals surface area (Å²) in [4.78, 5) is 11.8. The van der Waals surface area contributed by atoms with Crippen molar-refractivity contribution in [2.45, 2.75) is 51.5 Å². The summed E-state index contributed by atoms with van der Waals surface area (Å²) in [5, 5.41) is 0. The second-order valence-electron chi connectivity index (χ2n) is 5.84. The maximum atomic E-state index is 12.5. The van der Waals surface area contributed by atoms with Crippen molar-refractivity contribution in [3.63, 3.8) is 0 Å². The highest BCUT2D eigenvalue weighted by molar-refractivity contribution is 8.03. The van der Waals surface area contributed by atoms with Gasteiger partial charge in [0.15, 0.2) is 17.0 Å². The molecule has 1 saturated carbocycles. The first kappa shape index (κ1) is 19.8. The molecule has 0 spiro atoms. The minimum atomic E-state index is -5.66. The number of ketones is 1. The fourth-order valence-corrected chi connectivity index (χ4v) is 5.58. The molecule has 0 amide bonds. The molecule has 4 nitrogen and oxygen atoms in total. The lowest BCUT2D eigenvalue weighted by atomic mass is 9.91. The number of carbonyl (C=O) groups excluding carboxylic acids is 1. The number of carbonyl (C=O) groups is 1. The normalized spacial score (nSPS) is 19.4. The summed E-state index contributed by atoms with van der Waals surface area (Å²) in [6, 6.07) is 0. The van der Waals surface area contributed by atoms with Crippen molar-refractivity contribution in [2.24, 2.45) is 11.8 Å². The van der Waals surface area contributed by atoms with E-state index in [1.807, 2.05) is 0 Å². The second-order valence-corrected chi connectivity index (χ2v) is 9.26. The first-order valence-electron chi connectivity index (χ1n) is 7.24. The van der Waals surface area contributed by atoms with E-state index in [2.05, 4.69) is 3.63 Å². The Bertz CT molecular complexity index is 468. The van der Waals surface area contributed by atoms with Gasteiger partial charge in [0.2, 0.25) is 5.75 Å². The van der Waals surface area contributed by atoms with E-state index in [4.69, 9.17) is 0 Å². The molecule has 9 heteroatoms. The number of halogens is 3. The van der Waals surface area contributed by atoms with E-state index in [-0.39, 0.29) is 29.1 Å². The smallest absolute Gasteiger partial charge is 0.294 e. The van der Waals surface area contributed by atoms with Crippen molar-refractivity contribution < 1.29 is 30.0 Å². The predicted molar refractivity (Wildman–Crippen MR) is 79.6 cm³/mol. The van der Waals surface area contributed by atoms with Crippen LogP contribution < -0.4 is 0 Å². The zero-order valence-electron chi connectivity index (χ0n) is 12.7. The third-order valence-electron chi connectivity index (χ3n) is 3.56. The highest BCUT2D eigenvalue weighted by atomic mass is 32.3. The Morgan fingerprint density at radius 2 is 1.77 bits per heavy atom. The molecule has 0 saturated heterocycles. The molecule has 0 aliphatic heterocycles. The van der Waals surface area contributed by atoms with E-state index in [1.54, 1.807) is 13.8 Å². The maximum absolute atomic E-state index is 12.5. The SMILES string of the molecule is CC(C)C(=O)C[S+](CC1CCCCC1)OS(=O)(=O)C(F)(F)F. The average molecular weight is 363 g/mol. The van der Waals surface area contributed by atoms with Crippen LogP contribution in [0.5, 0.6) is 0 Å². The second kappa shape index (κ2) is 8.01. The Labute approximate surface area is 132 Å². The fourth-order valence-electron chi connectivity index (χ4n) is 2.22. The molecule has 1 rings (SSSR count). The highest BCUT2D eigenvalue weighted by Crippen LogP contribution is 2.30. The highest BCUT2D eigenvalue weighted by Gasteiger charge is 2.53. The molecule has 0 aromatic rings. The summed E-state index contributed by atoms with van der Waals surface area (Å²) in [6.45, 7) is 3.26. The van der Waals surface area contributed by atoms with Gasteiger partial charge in [-0.1, -0.05) is 33.1 Å². The Morgan fingerprint density at radius 3 is 2.23 bits per heavy atom. The van der Waals surface area contributed by atoms with Gasteiger partial charge in [0.05, 0.1) is 0 Å². The van der Waals surface area contributed by atoms with E-state index in [1.165, 1.54) is 0 Å². The average Bonchev–Trinajstić information content (AvgIpc) is 2.37. The van der Waals surface area contributed by atoms with Crippen LogP contribution in [0.4, 0.5) is 13.2 Å². The van der Waals surface area contributed by atoms with Gasteiger partial charge < -0.3 is 0 Å². The predicted octanol–water partition coefficient (Wildman–Crippen LogP) is 3.19. The summed E-state index contributed by atoms with van der Waals surface area (Å²) in [5.41, 5.74) is -5.45. The van der Waals surface area contributed by atoms with Gasteiger partial charge >= 0.3 is 15.6 Å². The van der Waals surface area contributed by atoms with Crippen molar-refractivity contribution in [3.05, 3.63) is 0 Å². The minimum absolute atomic E-state index is 0.125. The minimum Gasteiger partial charge on any atom is -0.294 e. The van der Waals surface area contributed by atoms with Gasteiger partial charge in [-0.3, -0.25) is 4.79 Å². The van der Waals surface area contributed by atoms with Gasteiger partial charge in [0.25, 0.3) is 0 Å². The number of alkyl halides is 3. The molecule has 1 aliphatic rings. The molecular formula is C13H22F3O4S2+. The lowest BCUT2D eigenvalue weighted by molar-refractivity contribution is -0.119. The first-order valence-corrected chi connectivity index (χ1v) is 10.1. The molecule has 1 unspecified atom stereocenters. The van der Waals surface area contributed by atoms with Crippen LogP contribution in [0.15, 0.2) is 0 Å². The molecule has 22 heavy (non-hydrogen) atoms. The topological polar surface area (TPSA) is 60.4 Å². The van der Waals surface area contributed by atoms with Crippen molar-refractivity contribution in [1.82, 2.24) is 0 Å². The van der Waals surface area contributed by atoms with Gasteiger partial charge in [-0.2, -0.15) is 21.6 Å². The van der Waals surface area contributed by atoms with Crippen LogP contribution in [0.2, 0.25) is 0 Å². The Balaban J connectivity index is 2.79. The quantitative estimate of drug-likeness (QED) is 0.515. The van der Waals surface area contributed by atoms with Crippen LogP contribution in [-0.2, 0) is 29.7 Å².